The maximum Gasteiger partial charge on any atom is 0.179 e. The second kappa shape index (κ2) is 8.87. The summed E-state index contributed by atoms with van der Waals surface area (Å²) < 4.78 is 32.7. The molecule has 29 heavy (non-hydrogen) atoms. The Balaban J connectivity index is 1.80. The number of hydrogen-bond donors (Lipinski definition) is 1. The summed E-state index contributed by atoms with van der Waals surface area (Å²) in [6, 6.07) is 4.30. The number of fused-ring (bicyclic) bond motifs is 1. The number of nitrogens with zero attached hydrogens (tertiary/aromatic N) is 3. The first-order chi connectivity index (χ1) is 13.7. The van der Waals surface area contributed by atoms with Crippen LogP contribution in [0.15, 0.2) is 35.6 Å². The third kappa shape index (κ3) is 4.66. The Hall–Kier alpha value is -1.87. The molecule has 0 amide bonds. The average molecular weight is 457 g/mol. The minimum absolute atomic E-state index is 0.0378. The van der Waals surface area contributed by atoms with Crippen LogP contribution in [0.1, 0.15) is 24.4 Å². The molecule has 0 spiro atoms. The number of aryl methyl sites for hydroxylation is 1. The predicted molar refractivity (Wildman–Crippen MR) is 115 cm³/mol. The summed E-state index contributed by atoms with van der Waals surface area (Å²) >= 11 is 11.9. The lowest BCUT2D eigenvalue weighted by molar-refractivity contribution is 0.152. The molecule has 7 nitrogen and oxygen atoms in total. The number of benzene rings is 1. The number of hydrogen-bond acceptors (Lipinski definition) is 6. The molecule has 2 N–H and O–H groups in total. The Bertz CT molecular complexity index is 1130. The molecular weight excluding hydrogens is 435 g/mol. The third-order valence-electron chi connectivity index (χ3n) is 4.74. The van der Waals surface area contributed by atoms with Crippen LogP contribution in [-0.4, -0.2) is 42.4 Å². The van der Waals surface area contributed by atoms with E-state index in [1.165, 1.54) is 18.2 Å². The van der Waals surface area contributed by atoms with Gasteiger partial charge < -0.3 is 15.0 Å². The molecule has 0 fully saturated rings. The van der Waals surface area contributed by atoms with Gasteiger partial charge in [-0.2, -0.15) is 0 Å². The molecular formula is C19H22Cl2N4O3S. The Morgan fingerprint density at radius 2 is 2.03 bits per heavy atom. The Labute approximate surface area is 179 Å². The van der Waals surface area contributed by atoms with Crippen molar-refractivity contribution in [3.05, 3.63) is 46.3 Å². The molecule has 0 bridgehead atoms. The fourth-order valence-corrected chi connectivity index (χ4v) is 5.51. The molecule has 0 aliphatic rings. The zero-order valence-electron chi connectivity index (χ0n) is 16.1. The molecule has 0 aliphatic heterocycles. The first kappa shape index (κ1) is 21.8. The van der Waals surface area contributed by atoms with Gasteiger partial charge in [0.05, 0.1) is 40.2 Å². The number of anilines is 1. The number of methoxy groups -OCH3 is 1. The van der Waals surface area contributed by atoms with Crippen molar-refractivity contribution in [1.82, 2.24) is 14.5 Å². The van der Waals surface area contributed by atoms with Gasteiger partial charge in [0, 0.05) is 18.3 Å². The number of rotatable bonds is 8. The van der Waals surface area contributed by atoms with E-state index < -0.39 is 9.84 Å². The van der Waals surface area contributed by atoms with Crippen LogP contribution in [0.3, 0.4) is 0 Å². The van der Waals surface area contributed by atoms with Crippen molar-refractivity contribution in [2.24, 2.45) is 0 Å². The van der Waals surface area contributed by atoms with Crippen LogP contribution in [0.5, 0.6) is 0 Å². The highest BCUT2D eigenvalue weighted by Gasteiger charge is 2.21. The molecule has 0 aliphatic carbocycles. The number of sulfone groups is 1. The maximum atomic E-state index is 12.7. The fourth-order valence-electron chi connectivity index (χ4n) is 3.35. The van der Waals surface area contributed by atoms with Gasteiger partial charge in [0.2, 0.25) is 0 Å². The van der Waals surface area contributed by atoms with Gasteiger partial charge in [0.1, 0.15) is 5.52 Å². The second-order valence-electron chi connectivity index (χ2n) is 6.82. The van der Waals surface area contributed by atoms with E-state index in [1.54, 1.807) is 19.6 Å². The normalized spacial score (nSPS) is 13.1. The van der Waals surface area contributed by atoms with E-state index in [0.717, 1.165) is 11.1 Å². The number of nitrogen functional groups attached to an aromatic ring is 1. The number of ether oxygens (including phenoxy) is 1. The first-order valence-corrected chi connectivity index (χ1v) is 11.4. The molecule has 0 saturated heterocycles. The van der Waals surface area contributed by atoms with Crippen LogP contribution in [0, 0.1) is 6.92 Å². The quantitative estimate of drug-likeness (QED) is 0.548. The molecule has 1 aromatic carbocycles. The van der Waals surface area contributed by atoms with Crippen molar-refractivity contribution in [3.63, 3.8) is 0 Å². The Morgan fingerprint density at radius 1 is 1.28 bits per heavy atom. The van der Waals surface area contributed by atoms with E-state index in [0.29, 0.717) is 35.8 Å². The van der Waals surface area contributed by atoms with Gasteiger partial charge in [-0.3, -0.25) is 0 Å². The smallest absolute Gasteiger partial charge is 0.179 e. The molecule has 1 unspecified atom stereocenters. The molecule has 10 heteroatoms. The van der Waals surface area contributed by atoms with Crippen LogP contribution < -0.4 is 5.73 Å². The highest BCUT2D eigenvalue weighted by molar-refractivity contribution is 7.91. The highest BCUT2D eigenvalue weighted by Crippen LogP contribution is 2.29. The number of halogens is 2. The number of imidazole rings is 1. The monoisotopic (exact) mass is 456 g/mol. The number of nitrogens with two attached hydrogens (primary N) is 1. The lowest BCUT2D eigenvalue weighted by Gasteiger charge is -2.19. The highest BCUT2D eigenvalue weighted by atomic mass is 35.5. The van der Waals surface area contributed by atoms with Gasteiger partial charge in [-0.25, -0.2) is 18.4 Å². The van der Waals surface area contributed by atoms with E-state index in [1.807, 2.05) is 11.5 Å². The first-order valence-electron chi connectivity index (χ1n) is 8.99. The SMILES string of the molecule is COCC(CCCS(=O)(=O)c1ccc(Cl)cc1Cl)n1cnc2c(N)ncc(C)c21. The van der Waals surface area contributed by atoms with Gasteiger partial charge >= 0.3 is 0 Å². The summed E-state index contributed by atoms with van der Waals surface area (Å²) in [5, 5.41) is 0.523. The third-order valence-corrected chi connectivity index (χ3v) is 7.25. The van der Waals surface area contributed by atoms with Crippen molar-refractivity contribution >= 4 is 49.9 Å². The summed E-state index contributed by atoms with van der Waals surface area (Å²) in [6.07, 6.45) is 4.40. The van der Waals surface area contributed by atoms with Crippen molar-refractivity contribution in [2.45, 2.75) is 30.7 Å². The van der Waals surface area contributed by atoms with Gasteiger partial charge in [-0.05, 0) is 43.5 Å². The van der Waals surface area contributed by atoms with Crippen LogP contribution in [-0.2, 0) is 14.6 Å². The zero-order valence-corrected chi connectivity index (χ0v) is 18.4. The average Bonchev–Trinajstić information content (AvgIpc) is 3.10. The molecule has 0 saturated carbocycles. The Kier molecular flexibility index (Phi) is 6.68. The van der Waals surface area contributed by atoms with Gasteiger partial charge in [0.15, 0.2) is 15.7 Å². The van der Waals surface area contributed by atoms with E-state index >= 15 is 0 Å². The lowest BCUT2D eigenvalue weighted by Crippen LogP contribution is -2.17. The van der Waals surface area contributed by atoms with Crippen molar-refractivity contribution < 1.29 is 13.2 Å². The Morgan fingerprint density at radius 3 is 2.72 bits per heavy atom. The molecule has 2 heterocycles. The fraction of sp³-hybridized carbons (Fsp3) is 0.368. The summed E-state index contributed by atoms with van der Waals surface area (Å²) in [6.45, 7) is 2.35. The van der Waals surface area contributed by atoms with Crippen LogP contribution in [0.4, 0.5) is 5.82 Å². The van der Waals surface area contributed by atoms with Crippen LogP contribution in [0.25, 0.3) is 11.0 Å². The standard InChI is InChI=1S/C19H22Cl2N4O3S/c1-12-9-23-19(22)17-18(12)25(11-24-17)14(10-28-2)4-3-7-29(26,27)16-6-5-13(20)8-15(16)21/h5-6,8-9,11,14H,3-4,7,10H2,1-2H3,(H2,22,23). The topological polar surface area (TPSA) is 100 Å². The maximum absolute atomic E-state index is 12.7. The van der Waals surface area contributed by atoms with E-state index in [9.17, 15) is 8.42 Å². The zero-order chi connectivity index (χ0) is 21.2. The van der Waals surface area contributed by atoms with E-state index in [-0.39, 0.29) is 21.7 Å². The summed E-state index contributed by atoms with van der Waals surface area (Å²) in [5.74, 6) is 0.324. The van der Waals surface area contributed by atoms with Crippen molar-refractivity contribution in [2.75, 3.05) is 25.2 Å². The van der Waals surface area contributed by atoms with Crippen molar-refractivity contribution in [3.8, 4) is 0 Å². The van der Waals surface area contributed by atoms with Crippen molar-refractivity contribution in [1.29, 1.82) is 0 Å². The summed E-state index contributed by atoms with van der Waals surface area (Å²) in [5.41, 5.74) is 8.39. The lowest BCUT2D eigenvalue weighted by atomic mass is 10.1. The molecule has 156 valence electrons. The van der Waals surface area contributed by atoms with E-state index in [4.69, 9.17) is 33.7 Å². The van der Waals surface area contributed by atoms with Gasteiger partial charge in [0.25, 0.3) is 0 Å². The molecule has 3 rings (SSSR count). The summed E-state index contributed by atoms with van der Waals surface area (Å²) in [7, 11) is -1.92. The van der Waals surface area contributed by atoms with E-state index in [2.05, 4.69) is 9.97 Å². The molecule has 0 radical (unpaired) electrons. The van der Waals surface area contributed by atoms with Crippen LogP contribution in [0.2, 0.25) is 10.0 Å². The minimum atomic E-state index is -3.53. The van der Waals surface area contributed by atoms with Crippen LogP contribution >= 0.6 is 23.2 Å². The molecule has 1 atom stereocenters. The van der Waals surface area contributed by atoms with Gasteiger partial charge in [-0.15, -0.1) is 0 Å². The molecule has 2 aromatic heterocycles. The number of aromatic nitrogens is 3. The van der Waals surface area contributed by atoms with Gasteiger partial charge in [-0.1, -0.05) is 23.2 Å². The summed E-state index contributed by atoms with van der Waals surface area (Å²) in [4.78, 5) is 8.61. The largest absolute Gasteiger partial charge is 0.383 e. The number of pyridine rings is 1. The molecule has 3 aromatic rings. The second-order valence-corrected chi connectivity index (χ2v) is 9.74. The predicted octanol–water partition coefficient (Wildman–Crippen LogP) is 4.07. The minimum Gasteiger partial charge on any atom is -0.383 e.